The molecule has 70 valence electrons. The third-order valence-corrected chi connectivity index (χ3v) is 3.83. The summed E-state index contributed by atoms with van der Waals surface area (Å²) in [4.78, 5) is 1.83. The van der Waals surface area contributed by atoms with Gasteiger partial charge in [-0.2, -0.15) is 5.26 Å². The molecule has 0 unspecified atom stereocenters. The van der Waals surface area contributed by atoms with Crippen LogP contribution in [0.3, 0.4) is 0 Å². The fourth-order valence-electron chi connectivity index (χ4n) is 1.00. The molecule has 0 aliphatic rings. The molecule has 0 bridgehead atoms. The highest BCUT2D eigenvalue weighted by atomic mass is 32.1. The molecule has 1 aromatic rings. The number of hydrogen-bond donors (Lipinski definition) is 1. The quantitative estimate of drug-likeness (QED) is 0.787. The lowest BCUT2D eigenvalue weighted by atomic mass is 9.88. The molecule has 0 aromatic carbocycles. The molecular weight excluding hydrogens is 180 g/mol. The van der Waals surface area contributed by atoms with Crippen LogP contribution in [0.2, 0.25) is 0 Å². The first-order valence-corrected chi connectivity index (χ1v) is 5.13. The van der Waals surface area contributed by atoms with Crippen LogP contribution >= 0.6 is 11.3 Å². The van der Waals surface area contributed by atoms with E-state index in [9.17, 15) is 0 Å². The molecule has 0 aliphatic heterocycles. The average Bonchev–Trinajstić information content (AvgIpc) is 2.47. The van der Waals surface area contributed by atoms with Gasteiger partial charge in [0.15, 0.2) is 0 Å². The fraction of sp³-hybridized carbons (Fsp3) is 0.500. The lowest BCUT2D eigenvalue weighted by molar-refractivity contribution is 0.517. The van der Waals surface area contributed by atoms with E-state index in [1.807, 2.05) is 6.07 Å². The van der Waals surface area contributed by atoms with Gasteiger partial charge in [0.2, 0.25) is 0 Å². The maximum absolute atomic E-state index is 8.75. The van der Waals surface area contributed by atoms with E-state index >= 15 is 0 Å². The zero-order valence-corrected chi connectivity index (χ0v) is 9.03. The highest BCUT2D eigenvalue weighted by Gasteiger charge is 2.21. The predicted molar refractivity (Wildman–Crippen MR) is 56.8 cm³/mol. The molecule has 0 saturated carbocycles. The largest absolute Gasteiger partial charge is 0.397 e. The zero-order valence-electron chi connectivity index (χ0n) is 8.22. The van der Waals surface area contributed by atoms with Crippen molar-refractivity contribution in [2.45, 2.75) is 32.6 Å². The van der Waals surface area contributed by atoms with Crippen LogP contribution in [0.5, 0.6) is 0 Å². The van der Waals surface area contributed by atoms with Crippen LogP contribution in [0.4, 0.5) is 5.69 Å². The molecular formula is C10H14N2S. The molecule has 0 aliphatic carbocycles. The van der Waals surface area contributed by atoms with E-state index in [4.69, 9.17) is 11.0 Å². The van der Waals surface area contributed by atoms with E-state index in [1.54, 1.807) is 0 Å². The molecule has 0 fully saturated rings. The Labute approximate surface area is 83.0 Å². The van der Waals surface area contributed by atoms with Crippen LogP contribution < -0.4 is 5.73 Å². The van der Waals surface area contributed by atoms with Crippen LogP contribution in [0.15, 0.2) is 6.07 Å². The number of thiophene rings is 1. The van der Waals surface area contributed by atoms with Gasteiger partial charge in [0.1, 0.15) is 10.9 Å². The SMILES string of the molecule is CCC(C)(C)c1cc(N)c(C#N)s1. The summed E-state index contributed by atoms with van der Waals surface area (Å²) in [7, 11) is 0. The number of rotatable bonds is 2. The Hall–Kier alpha value is -1.01. The highest BCUT2D eigenvalue weighted by molar-refractivity contribution is 7.13. The molecule has 0 amide bonds. The smallest absolute Gasteiger partial charge is 0.128 e. The minimum Gasteiger partial charge on any atom is -0.397 e. The Morgan fingerprint density at radius 2 is 2.23 bits per heavy atom. The van der Waals surface area contributed by atoms with Gasteiger partial charge in [-0.1, -0.05) is 20.8 Å². The molecule has 3 heteroatoms. The summed E-state index contributed by atoms with van der Waals surface area (Å²) >= 11 is 1.50. The molecule has 13 heavy (non-hydrogen) atoms. The number of nitriles is 1. The van der Waals surface area contributed by atoms with Crippen LogP contribution in [-0.2, 0) is 5.41 Å². The van der Waals surface area contributed by atoms with Crippen LogP contribution in [0.1, 0.15) is 36.9 Å². The number of nitrogens with zero attached hydrogens (tertiary/aromatic N) is 1. The van der Waals surface area contributed by atoms with E-state index < -0.39 is 0 Å². The van der Waals surface area contributed by atoms with Gasteiger partial charge in [-0.25, -0.2) is 0 Å². The second kappa shape index (κ2) is 3.39. The van der Waals surface area contributed by atoms with Gasteiger partial charge in [-0.3, -0.25) is 0 Å². The van der Waals surface area contributed by atoms with E-state index in [2.05, 4.69) is 26.8 Å². The van der Waals surface area contributed by atoms with Crippen molar-refractivity contribution in [2.75, 3.05) is 5.73 Å². The summed E-state index contributed by atoms with van der Waals surface area (Å²) in [6.07, 6.45) is 1.05. The minimum atomic E-state index is 0.133. The number of anilines is 1. The first-order chi connectivity index (χ1) is 6.01. The fourth-order valence-corrected chi connectivity index (χ4v) is 2.05. The maximum atomic E-state index is 8.75. The number of hydrogen-bond acceptors (Lipinski definition) is 3. The zero-order chi connectivity index (χ0) is 10.1. The Bertz CT molecular complexity index is 344. The maximum Gasteiger partial charge on any atom is 0.128 e. The van der Waals surface area contributed by atoms with Crippen molar-refractivity contribution in [3.63, 3.8) is 0 Å². The summed E-state index contributed by atoms with van der Waals surface area (Å²) in [5.74, 6) is 0. The van der Waals surface area contributed by atoms with E-state index in [1.165, 1.54) is 16.2 Å². The first kappa shape index (κ1) is 10.1. The molecule has 1 aromatic heterocycles. The number of nitrogens with two attached hydrogens (primary N) is 1. The van der Waals surface area contributed by atoms with E-state index in [-0.39, 0.29) is 5.41 Å². The Morgan fingerprint density at radius 3 is 2.62 bits per heavy atom. The van der Waals surface area contributed by atoms with E-state index in [0.29, 0.717) is 10.6 Å². The van der Waals surface area contributed by atoms with Crippen LogP contribution in [-0.4, -0.2) is 0 Å². The van der Waals surface area contributed by atoms with Gasteiger partial charge in [0.25, 0.3) is 0 Å². The molecule has 0 atom stereocenters. The Morgan fingerprint density at radius 1 is 1.62 bits per heavy atom. The molecule has 0 saturated heterocycles. The normalized spacial score (nSPS) is 11.2. The molecule has 0 spiro atoms. The molecule has 2 N–H and O–H groups in total. The first-order valence-electron chi connectivity index (χ1n) is 4.31. The highest BCUT2D eigenvalue weighted by Crippen LogP contribution is 2.35. The molecule has 2 nitrogen and oxygen atoms in total. The summed E-state index contributed by atoms with van der Waals surface area (Å²) in [6, 6.07) is 4.03. The lowest BCUT2D eigenvalue weighted by Crippen LogP contribution is -2.12. The monoisotopic (exact) mass is 194 g/mol. The van der Waals surface area contributed by atoms with Crippen LogP contribution in [0.25, 0.3) is 0 Å². The second-order valence-electron chi connectivity index (χ2n) is 3.74. The molecule has 1 rings (SSSR count). The third kappa shape index (κ3) is 1.84. The number of nitrogen functional groups attached to an aromatic ring is 1. The Kier molecular flexibility index (Phi) is 2.63. The standard InChI is InChI=1S/C10H14N2S/c1-4-10(2,3)9-5-7(12)8(6-11)13-9/h5H,4,12H2,1-3H3. The Balaban J connectivity index is 3.12. The average molecular weight is 194 g/mol. The van der Waals surface area contributed by atoms with Gasteiger partial charge in [0.05, 0.1) is 5.69 Å². The molecule has 0 radical (unpaired) electrons. The van der Waals surface area contributed by atoms with Gasteiger partial charge >= 0.3 is 0 Å². The van der Waals surface area contributed by atoms with Gasteiger partial charge < -0.3 is 5.73 Å². The van der Waals surface area contributed by atoms with Crippen molar-refractivity contribution >= 4 is 17.0 Å². The molecule has 1 heterocycles. The van der Waals surface area contributed by atoms with Crippen LogP contribution in [0, 0.1) is 11.3 Å². The van der Waals surface area contributed by atoms with Crippen molar-refractivity contribution in [1.82, 2.24) is 0 Å². The summed E-state index contributed by atoms with van der Waals surface area (Å²) in [5.41, 5.74) is 6.44. The lowest BCUT2D eigenvalue weighted by Gasteiger charge is -2.20. The summed E-state index contributed by atoms with van der Waals surface area (Å²) < 4.78 is 0. The third-order valence-electron chi connectivity index (χ3n) is 2.41. The van der Waals surface area contributed by atoms with Crippen molar-refractivity contribution in [3.05, 3.63) is 15.8 Å². The van der Waals surface area contributed by atoms with Gasteiger partial charge in [-0.15, -0.1) is 11.3 Å². The second-order valence-corrected chi connectivity index (χ2v) is 4.80. The van der Waals surface area contributed by atoms with Crippen molar-refractivity contribution < 1.29 is 0 Å². The van der Waals surface area contributed by atoms with Gasteiger partial charge in [0, 0.05) is 4.88 Å². The van der Waals surface area contributed by atoms with Crippen molar-refractivity contribution in [1.29, 1.82) is 5.26 Å². The van der Waals surface area contributed by atoms with Gasteiger partial charge in [-0.05, 0) is 17.9 Å². The summed E-state index contributed by atoms with van der Waals surface area (Å²) in [5, 5.41) is 8.75. The summed E-state index contributed by atoms with van der Waals surface area (Å²) in [6.45, 7) is 6.47. The predicted octanol–water partition coefficient (Wildman–Crippen LogP) is 2.89. The van der Waals surface area contributed by atoms with E-state index in [0.717, 1.165) is 6.42 Å². The topological polar surface area (TPSA) is 49.8 Å². The van der Waals surface area contributed by atoms with Crippen molar-refractivity contribution in [3.8, 4) is 6.07 Å². The minimum absolute atomic E-state index is 0.133. The van der Waals surface area contributed by atoms with Crippen molar-refractivity contribution in [2.24, 2.45) is 0 Å².